The Bertz CT molecular complexity index is 821. The van der Waals surface area contributed by atoms with E-state index in [-0.39, 0.29) is 30.2 Å². The van der Waals surface area contributed by atoms with Crippen molar-refractivity contribution in [2.24, 2.45) is 0 Å². The van der Waals surface area contributed by atoms with E-state index in [0.717, 1.165) is 10.3 Å². The van der Waals surface area contributed by atoms with Gasteiger partial charge >= 0.3 is 41.9 Å². The molecular weight excluding hydrogens is 536 g/mol. The summed E-state index contributed by atoms with van der Waals surface area (Å²) in [7, 11) is 0. The molecule has 1 nitrogen and oxygen atoms in total. The molecule has 0 fully saturated rings. The molecule has 0 amide bonds. The fraction of sp³-hybridized carbons (Fsp3) is 0.238. The van der Waals surface area contributed by atoms with Crippen LogP contribution in [0.2, 0.25) is 13.1 Å². The maximum absolute atomic E-state index is 4.51. The number of aromatic nitrogens is 1. The van der Waals surface area contributed by atoms with E-state index in [4.69, 9.17) is 0 Å². The summed E-state index contributed by atoms with van der Waals surface area (Å²) in [5.41, 5.74) is 6.35. The fourth-order valence-corrected chi connectivity index (χ4v) is 3.00. The van der Waals surface area contributed by atoms with Gasteiger partial charge in [0.05, 0.1) is 0 Å². The smallest absolute Gasteiger partial charge is 0.172 e. The molecule has 0 N–H and O–H groups in total. The number of allylic oxidation sites excluding steroid dienone is 5. The Balaban J connectivity index is 0.000000518. The van der Waals surface area contributed by atoms with Gasteiger partial charge in [-0.05, 0) is 33.5 Å². The predicted octanol–water partition coefficient (Wildman–Crippen LogP) is 0.232. The minimum Gasteiger partial charge on any atom is -1.00 e. The van der Waals surface area contributed by atoms with Gasteiger partial charge in [0.1, 0.15) is 4.60 Å². The second-order valence-corrected chi connectivity index (χ2v) is 16.4. The first-order chi connectivity index (χ1) is 11.9. The van der Waals surface area contributed by atoms with E-state index < -0.39 is 0 Å². The van der Waals surface area contributed by atoms with Gasteiger partial charge in [-0.3, -0.25) is 4.98 Å². The molecule has 2 aliphatic carbocycles. The molecular formula is C21H22BrCl2NSiZr-2. The van der Waals surface area contributed by atoms with Crippen LogP contribution < -0.4 is 24.8 Å². The first-order valence-electron chi connectivity index (χ1n) is 8.27. The number of hydrogen-bond donors (Lipinski definition) is 0. The number of hydrogen-bond acceptors (Lipinski definition) is 1. The molecule has 1 aromatic carbocycles. The third-order valence-electron chi connectivity index (χ3n) is 3.71. The van der Waals surface area contributed by atoms with Crippen molar-refractivity contribution in [3.8, 4) is 0 Å². The van der Waals surface area contributed by atoms with Crippen molar-refractivity contribution < 1.29 is 48.1 Å². The van der Waals surface area contributed by atoms with Crippen molar-refractivity contribution in [2.45, 2.75) is 32.9 Å². The van der Waals surface area contributed by atoms with E-state index in [0.29, 0.717) is 5.92 Å². The molecule has 6 heteroatoms. The van der Waals surface area contributed by atoms with E-state index in [1.165, 1.54) is 22.3 Å². The van der Waals surface area contributed by atoms with Gasteiger partial charge in [-0.25, -0.2) is 12.1 Å². The van der Waals surface area contributed by atoms with Crippen molar-refractivity contribution in [3.05, 3.63) is 87.2 Å². The van der Waals surface area contributed by atoms with Crippen LogP contribution in [0.25, 0.3) is 6.08 Å². The Morgan fingerprint density at radius 1 is 1.15 bits per heavy atom. The SMILES string of the molecule is CC1=[C-]C2=Cc3nc(Br)ccc3C(C)C2=C1.C[Si](C)=[Zr+2].[Cl-].[Cl-].c1cc[cH-]c1. The fourth-order valence-electron chi connectivity index (χ4n) is 2.68. The molecule has 1 heterocycles. The number of halogens is 3. The second-order valence-electron chi connectivity index (χ2n) is 6.26. The summed E-state index contributed by atoms with van der Waals surface area (Å²) in [5.74, 6) is 0.417. The van der Waals surface area contributed by atoms with E-state index in [2.05, 4.69) is 72.1 Å². The number of nitrogens with zero attached hydrogens (tertiary/aromatic N) is 1. The maximum Gasteiger partial charge on any atom is -0.172 e. The first-order valence-corrected chi connectivity index (χ1v) is 15.3. The second kappa shape index (κ2) is 13.2. The average molecular weight is 559 g/mol. The first kappa shape index (κ1) is 26.9. The zero-order chi connectivity index (χ0) is 18.4. The summed E-state index contributed by atoms with van der Waals surface area (Å²) >= 11 is 5.15. The molecule has 0 bridgehead atoms. The standard InChI is InChI=1S/C14H11BrN.C5H5.C2H6Si.2ClH.Zr/c1-8-5-10-7-13-11(3-4-14(15)16-13)9(2)12(10)6-8;1-2-4-5-3-1;1-3-2;;;/h3-4,6-7,9H,1-2H3;1-5H;1-2H3;2*1H;/q2*-1;;;;+2/p-2. The largest absolute Gasteiger partial charge is 1.00 e. The van der Waals surface area contributed by atoms with Crippen molar-refractivity contribution in [3.63, 3.8) is 0 Å². The minimum absolute atomic E-state index is 0. The van der Waals surface area contributed by atoms with Gasteiger partial charge in [0, 0.05) is 5.69 Å². The monoisotopic (exact) mass is 555 g/mol. The van der Waals surface area contributed by atoms with Crippen molar-refractivity contribution in [2.75, 3.05) is 0 Å². The summed E-state index contributed by atoms with van der Waals surface area (Å²) in [4.78, 5) is 4.51. The molecule has 2 aromatic rings. The number of pyridine rings is 1. The van der Waals surface area contributed by atoms with Gasteiger partial charge in [0.2, 0.25) is 0 Å². The van der Waals surface area contributed by atoms with E-state index in [1.54, 1.807) is 23.3 Å². The Morgan fingerprint density at radius 3 is 2.26 bits per heavy atom. The minimum atomic E-state index is 0. The third-order valence-corrected chi connectivity index (χ3v) is 4.15. The summed E-state index contributed by atoms with van der Waals surface area (Å²) in [6.07, 6.45) is 7.73. The van der Waals surface area contributed by atoms with Crippen molar-refractivity contribution in [1.29, 1.82) is 0 Å². The predicted molar refractivity (Wildman–Crippen MR) is 108 cm³/mol. The molecule has 0 saturated carbocycles. The molecule has 0 aliphatic heterocycles. The van der Waals surface area contributed by atoms with Crippen molar-refractivity contribution in [1.82, 2.24) is 4.98 Å². The Hall–Kier alpha value is -0.120. The number of fused-ring (bicyclic) bond motifs is 2. The van der Waals surface area contributed by atoms with Gasteiger partial charge in [-0.1, -0.05) is 19.9 Å². The van der Waals surface area contributed by atoms with Gasteiger partial charge < -0.3 is 24.8 Å². The van der Waals surface area contributed by atoms with Gasteiger partial charge in [-0.15, -0.1) is 17.7 Å². The van der Waals surface area contributed by atoms with Crippen LogP contribution in [-0.2, 0) is 23.3 Å². The topological polar surface area (TPSA) is 12.9 Å². The van der Waals surface area contributed by atoms with Crippen molar-refractivity contribution >= 4 is 27.4 Å². The van der Waals surface area contributed by atoms with Crippen LogP contribution in [-0.4, -0.2) is 10.4 Å². The van der Waals surface area contributed by atoms with Crippen LogP contribution in [0.5, 0.6) is 0 Å². The summed E-state index contributed by atoms with van der Waals surface area (Å²) in [5, 5.41) is 0. The van der Waals surface area contributed by atoms with Gasteiger partial charge in [-0.2, -0.15) is 35.4 Å². The Kier molecular flexibility index (Phi) is 13.1. The zero-order valence-corrected chi connectivity index (χ0v) is 22.4. The maximum atomic E-state index is 4.51. The van der Waals surface area contributed by atoms with Crippen LogP contribution in [0.3, 0.4) is 0 Å². The van der Waals surface area contributed by atoms with E-state index in [1.807, 2.05) is 36.4 Å². The molecule has 0 radical (unpaired) electrons. The van der Waals surface area contributed by atoms with Crippen LogP contribution in [0.1, 0.15) is 31.0 Å². The molecule has 142 valence electrons. The normalized spacial score (nSPS) is 15.5. The zero-order valence-electron chi connectivity index (χ0n) is 15.9. The summed E-state index contributed by atoms with van der Waals surface area (Å²) < 4.78 is 0.890. The molecule has 4 rings (SSSR count). The molecule has 2 aliphatic rings. The molecule has 1 atom stereocenters. The Labute approximate surface area is 199 Å². The van der Waals surface area contributed by atoms with Crippen LogP contribution in [0.4, 0.5) is 0 Å². The molecule has 1 unspecified atom stereocenters. The molecule has 0 spiro atoms. The quantitative estimate of drug-likeness (QED) is 0.257. The van der Waals surface area contributed by atoms with Crippen LogP contribution in [0.15, 0.2) is 69.9 Å². The average Bonchev–Trinajstić information content (AvgIpc) is 3.19. The van der Waals surface area contributed by atoms with Crippen LogP contribution >= 0.6 is 15.9 Å². The van der Waals surface area contributed by atoms with Gasteiger partial charge in [0.15, 0.2) is 0 Å². The third kappa shape index (κ3) is 8.41. The summed E-state index contributed by atoms with van der Waals surface area (Å²) in [6.45, 7) is 8.94. The Morgan fingerprint density at radius 2 is 1.74 bits per heavy atom. The van der Waals surface area contributed by atoms with E-state index >= 15 is 0 Å². The van der Waals surface area contributed by atoms with Gasteiger partial charge in [0.25, 0.3) is 0 Å². The molecule has 1 aromatic heterocycles. The van der Waals surface area contributed by atoms with Crippen LogP contribution in [0, 0.1) is 6.08 Å². The molecule has 27 heavy (non-hydrogen) atoms. The summed E-state index contributed by atoms with van der Waals surface area (Å²) in [6, 6.07) is 14.2. The number of rotatable bonds is 0. The molecule has 0 saturated heterocycles. The van der Waals surface area contributed by atoms with E-state index in [9.17, 15) is 0 Å².